The molecule has 0 saturated carbocycles. The van der Waals surface area contributed by atoms with Gasteiger partial charge in [-0.2, -0.15) is 0 Å². The Hall–Kier alpha value is -1.81. The molecule has 2 rings (SSSR count). The Morgan fingerprint density at radius 1 is 1.23 bits per heavy atom. The van der Waals surface area contributed by atoms with Crippen LogP contribution in [0.5, 0.6) is 0 Å². The molecule has 0 amide bonds. The third kappa shape index (κ3) is 7.84. The summed E-state index contributed by atoms with van der Waals surface area (Å²) in [6, 6.07) is 16.3. The second-order valence-corrected chi connectivity index (χ2v) is 4.34. The van der Waals surface area contributed by atoms with E-state index < -0.39 is 0 Å². The fourth-order valence-electron chi connectivity index (χ4n) is 1.56. The maximum Gasteiger partial charge on any atom is 0.155 e. The summed E-state index contributed by atoms with van der Waals surface area (Å²) in [4.78, 5) is 14.3. The van der Waals surface area contributed by atoms with E-state index in [4.69, 9.17) is 10.2 Å². The Labute approximate surface area is 143 Å². The molecule has 22 heavy (non-hydrogen) atoms. The van der Waals surface area contributed by atoms with Crippen LogP contribution in [0.4, 0.5) is 0 Å². The van der Waals surface area contributed by atoms with Crippen molar-refractivity contribution < 1.29 is 35.1 Å². The second kappa shape index (κ2) is 10.9. The van der Waals surface area contributed by atoms with E-state index in [1.165, 1.54) is 19.9 Å². The minimum atomic E-state index is -0.125. The second-order valence-electron chi connectivity index (χ2n) is 4.34. The number of hydrogen-bond acceptors (Lipinski definition) is 4. The molecule has 0 aliphatic carbocycles. The van der Waals surface area contributed by atoms with Gasteiger partial charge in [-0.1, -0.05) is 12.1 Å². The number of carbonyl (C=O) groups is 1. The molecular formula is C17H18IrNO3-. The predicted octanol–water partition coefficient (Wildman–Crippen LogP) is 3.08. The molecule has 0 spiro atoms. The maximum absolute atomic E-state index is 10.0. The third-order valence-electron chi connectivity index (χ3n) is 2.37. The Morgan fingerprint density at radius 3 is 2.41 bits per heavy atom. The van der Waals surface area contributed by atoms with Crippen LogP contribution in [0.3, 0.4) is 0 Å². The van der Waals surface area contributed by atoms with E-state index in [0.717, 1.165) is 11.3 Å². The van der Waals surface area contributed by atoms with E-state index in [1.807, 2.05) is 36.4 Å². The molecule has 0 aliphatic heterocycles. The number of benzene rings is 1. The standard InChI is InChI=1S/C12H10NO.C5H8O2.Ir/c14-9-11-7-4-8-12(13-11)10-5-2-1-3-6-10;1-4(6)3-5(2)7;/h1-5,7-8,14H,9H2;3,6H,1-2H3;/q-1;;/b;4-3-;. The van der Waals surface area contributed by atoms with Gasteiger partial charge >= 0.3 is 0 Å². The molecule has 5 heteroatoms. The number of hydrogen-bond donors (Lipinski definition) is 2. The zero-order valence-corrected chi connectivity index (χ0v) is 14.8. The zero-order valence-electron chi connectivity index (χ0n) is 12.4. The molecule has 0 aliphatic rings. The summed E-state index contributed by atoms with van der Waals surface area (Å²) in [7, 11) is 0. The van der Waals surface area contributed by atoms with Gasteiger partial charge in [0.15, 0.2) is 5.78 Å². The van der Waals surface area contributed by atoms with Gasteiger partial charge in [0.05, 0.1) is 18.1 Å². The molecule has 0 bridgehead atoms. The summed E-state index contributed by atoms with van der Waals surface area (Å²) in [6.45, 7) is 2.82. The quantitative estimate of drug-likeness (QED) is 0.406. The smallest absolute Gasteiger partial charge is 0.155 e. The van der Waals surface area contributed by atoms with Crippen molar-refractivity contribution in [1.29, 1.82) is 0 Å². The monoisotopic (exact) mass is 477 g/mol. The number of aliphatic hydroxyl groups excluding tert-OH is 2. The van der Waals surface area contributed by atoms with Crippen molar-refractivity contribution in [3.05, 3.63) is 66.1 Å². The van der Waals surface area contributed by atoms with E-state index in [-0.39, 0.29) is 38.3 Å². The van der Waals surface area contributed by atoms with Gasteiger partial charge in [-0.25, -0.2) is 0 Å². The van der Waals surface area contributed by atoms with Gasteiger partial charge < -0.3 is 10.2 Å². The number of aliphatic hydroxyl groups is 2. The van der Waals surface area contributed by atoms with Crippen LogP contribution in [0.2, 0.25) is 0 Å². The number of pyridine rings is 1. The van der Waals surface area contributed by atoms with Crippen LogP contribution in [0.25, 0.3) is 11.3 Å². The Bertz CT molecular complexity index is 608. The van der Waals surface area contributed by atoms with Crippen LogP contribution in [-0.4, -0.2) is 21.0 Å². The van der Waals surface area contributed by atoms with Gasteiger partial charge in [0.25, 0.3) is 0 Å². The van der Waals surface area contributed by atoms with Gasteiger partial charge in [0.2, 0.25) is 0 Å². The molecule has 0 unspecified atom stereocenters. The molecule has 1 radical (unpaired) electrons. The zero-order chi connectivity index (χ0) is 15.7. The van der Waals surface area contributed by atoms with Crippen molar-refractivity contribution in [2.45, 2.75) is 20.5 Å². The molecule has 119 valence electrons. The fraction of sp³-hybridized carbons (Fsp3) is 0.176. The molecule has 1 heterocycles. The summed E-state index contributed by atoms with van der Waals surface area (Å²) >= 11 is 0. The first kappa shape index (κ1) is 20.2. The van der Waals surface area contributed by atoms with Crippen LogP contribution in [-0.2, 0) is 31.5 Å². The SMILES string of the molecule is CC(=O)/C=C(/C)O.OCc1cccc(-c2[c-]cccc2)n1.[Ir]. The normalized spacial score (nSPS) is 10.0. The van der Waals surface area contributed by atoms with Crippen LogP contribution < -0.4 is 0 Å². The summed E-state index contributed by atoms with van der Waals surface area (Å²) in [5.41, 5.74) is 2.47. The Morgan fingerprint density at radius 2 is 1.95 bits per heavy atom. The number of aromatic nitrogens is 1. The van der Waals surface area contributed by atoms with Crippen molar-refractivity contribution in [1.82, 2.24) is 4.98 Å². The largest absolute Gasteiger partial charge is 0.512 e. The summed E-state index contributed by atoms with van der Waals surface area (Å²) in [6.07, 6.45) is 1.17. The fourth-order valence-corrected chi connectivity index (χ4v) is 1.56. The van der Waals surface area contributed by atoms with E-state index in [2.05, 4.69) is 11.1 Å². The van der Waals surface area contributed by atoms with Crippen LogP contribution in [0.1, 0.15) is 19.5 Å². The van der Waals surface area contributed by atoms with E-state index >= 15 is 0 Å². The third-order valence-corrected chi connectivity index (χ3v) is 2.37. The average Bonchev–Trinajstić information content (AvgIpc) is 2.47. The molecular weight excluding hydrogens is 458 g/mol. The molecule has 1 aromatic carbocycles. The Kier molecular flexibility index (Phi) is 9.96. The van der Waals surface area contributed by atoms with Gasteiger partial charge in [-0.05, 0) is 25.6 Å². The molecule has 0 atom stereocenters. The Balaban J connectivity index is 0.000000478. The molecule has 4 nitrogen and oxygen atoms in total. The number of rotatable bonds is 3. The van der Waals surface area contributed by atoms with Gasteiger partial charge in [-0.3, -0.25) is 9.78 Å². The first-order chi connectivity index (χ1) is 10.0. The summed E-state index contributed by atoms with van der Waals surface area (Å²) < 4.78 is 0. The van der Waals surface area contributed by atoms with E-state index in [1.54, 1.807) is 6.07 Å². The van der Waals surface area contributed by atoms with E-state index in [9.17, 15) is 4.79 Å². The van der Waals surface area contributed by atoms with Crippen LogP contribution in [0.15, 0.2) is 54.3 Å². The van der Waals surface area contributed by atoms with Crippen molar-refractivity contribution in [2.75, 3.05) is 0 Å². The van der Waals surface area contributed by atoms with Gasteiger partial charge in [0.1, 0.15) is 0 Å². The summed E-state index contributed by atoms with van der Waals surface area (Å²) in [5.74, 6) is -0.0625. The van der Waals surface area contributed by atoms with Crippen molar-refractivity contribution in [3.8, 4) is 11.3 Å². The van der Waals surface area contributed by atoms with Crippen molar-refractivity contribution in [2.24, 2.45) is 0 Å². The topological polar surface area (TPSA) is 70.4 Å². The predicted molar refractivity (Wildman–Crippen MR) is 81.5 cm³/mol. The minimum absolute atomic E-state index is 0. The minimum Gasteiger partial charge on any atom is -0.512 e. The van der Waals surface area contributed by atoms with Crippen molar-refractivity contribution >= 4 is 5.78 Å². The number of allylic oxidation sites excluding steroid dienone is 2. The first-order valence-corrected chi connectivity index (χ1v) is 6.44. The van der Waals surface area contributed by atoms with Crippen LogP contribution >= 0.6 is 0 Å². The number of carbonyl (C=O) groups excluding carboxylic acids is 1. The molecule has 1 aromatic heterocycles. The molecule has 2 aromatic rings. The van der Waals surface area contributed by atoms with E-state index in [0.29, 0.717) is 5.69 Å². The number of nitrogens with zero attached hydrogens (tertiary/aromatic N) is 1. The molecule has 2 N–H and O–H groups in total. The average molecular weight is 477 g/mol. The summed E-state index contributed by atoms with van der Waals surface area (Å²) in [5, 5.41) is 17.3. The van der Waals surface area contributed by atoms with Gasteiger partial charge in [-0.15, -0.1) is 35.9 Å². The molecule has 0 fully saturated rings. The first-order valence-electron chi connectivity index (χ1n) is 6.44. The van der Waals surface area contributed by atoms with Gasteiger partial charge in [0, 0.05) is 26.2 Å². The molecule has 0 saturated heterocycles. The number of ketones is 1. The maximum atomic E-state index is 10.0. The van der Waals surface area contributed by atoms with Crippen LogP contribution in [0, 0.1) is 6.07 Å². The van der Waals surface area contributed by atoms with Crippen molar-refractivity contribution in [3.63, 3.8) is 0 Å².